The molecule has 0 aromatic carbocycles. The van der Waals surface area contributed by atoms with Crippen LogP contribution in [0.15, 0.2) is 24.0 Å². The first-order chi connectivity index (χ1) is 10.7. The average molecular weight is 302 g/mol. The quantitative estimate of drug-likeness (QED) is 0.787. The third-order valence-corrected chi connectivity index (χ3v) is 4.07. The summed E-state index contributed by atoms with van der Waals surface area (Å²) in [7, 11) is 0. The third kappa shape index (κ3) is 4.55. The summed E-state index contributed by atoms with van der Waals surface area (Å²) < 4.78 is 0. The highest BCUT2D eigenvalue weighted by Gasteiger charge is 2.10. The molecule has 0 unspecified atom stereocenters. The summed E-state index contributed by atoms with van der Waals surface area (Å²) in [5.74, 6) is 0.670. The van der Waals surface area contributed by atoms with Crippen molar-refractivity contribution in [1.29, 1.82) is 0 Å². The van der Waals surface area contributed by atoms with Gasteiger partial charge < -0.3 is 10.2 Å². The second-order valence-corrected chi connectivity index (χ2v) is 5.55. The van der Waals surface area contributed by atoms with Gasteiger partial charge in [-0.3, -0.25) is 4.79 Å². The second kappa shape index (κ2) is 8.51. The molecule has 0 atom stereocenters. The highest BCUT2D eigenvalue weighted by molar-refractivity contribution is 5.92. The van der Waals surface area contributed by atoms with Gasteiger partial charge in [0.05, 0.1) is 12.4 Å². The van der Waals surface area contributed by atoms with Gasteiger partial charge in [-0.1, -0.05) is 11.6 Å². The molecule has 0 fully saturated rings. The fraction of sp³-hybridized carbons (Fsp3) is 0.588. The van der Waals surface area contributed by atoms with Crippen LogP contribution in [0.3, 0.4) is 0 Å². The van der Waals surface area contributed by atoms with Crippen LogP contribution in [0, 0.1) is 0 Å². The summed E-state index contributed by atoms with van der Waals surface area (Å²) in [6, 6.07) is 0. The van der Waals surface area contributed by atoms with Gasteiger partial charge >= 0.3 is 0 Å². The molecule has 0 aliphatic heterocycles. The average Bonchev–Trinajstić information content (AvgIpc) is 2.57. The standard InChI is InChI=1S/C17H26N4O/c1-3-21(4-2)16-13-19-15(12-20-16)17(22)18-11-10-14-8-6-5-7-9-14/h8,12-13H,3-7,9-11H2,1-2H3,(H,18,22). The lowest BCUT2D eigenvalue weighted by molar-refractivity contribution is 0.0948. The molecule has 1 N–H and O–H groups in total. The van der Waals surface area contributed by atoms with E-state index >= 15 is 0 Å². The Morgan fingerprint density at radius 3 is 2.64 bits per heavy atom. The van der Waals surface area contributed by atoms with Crippen LogP contribution < -0.4 is 10.2 Å². The first kappa shape index (κ1) is 16.5. The van der Waals surface area contributed by atoms with Crippen LogP contribution in [-0.2, 0) is 0 Å². The Morgan fingerprint density at radius 1 is 1.23 bits per heavy atom. The Hall–Kier alpha value is -1.91. The van der Waals surface area contributed by atoms with Gasteiger partial charge in [0, 0.05) is 19.6 Å². The summed E-state index contributed by atoms with van der Waals surface area (Å²) >= 11 is 0. The fourth-order valence-electron chi connectivity index (χ4n) is 2.71. The molecule has 1 aromatic heterocycles. The Morgan fingerprint density at radius 2 is 2.05 bits per heavy atom. The number of aromatic nitrogens is 2. The highest BCUT2D eigenvalue weighted by atomic mass is 16.1. The van der Waals surface area contributed by atoms with Gasteiger partial charge in [-0.15, -0.1) is 0 Å². The zero-order chi connectivity index (χ0) is 15.8. The number of allylic oxidation sites excluding steroid dienone is 1. The maximum absolute atomic E-state index is 12.1. The third-order valence-electron chi connectivity index (χ3n) is 4.07. The lowest BCUT2D eigenvalue weighted by Gasteiger charge is -2.19. The van der Waals surface area contributed by atoms with Gasteiger partial charge in [-0.2, -0.15) is 0 Å². The van der Waals surface area contributed by atoms with Crippen molar-refractivity contribution in [2.75, 3.05) is 24.5 Å². The monoisotopic (exact) mass is 302 g/mol. The maximum atomic E-state index is 12.1. The second-order valence-electron chi connectivity index (χ2n) is 5.55. The van der Waals surface area contributed by atoms with E-state index in [1.54, 1.807) is 12.4 Å². The SMILES string of the molecule is CCN(CC)c1cnc(C(=O)NCCC2=CCCCC2)cn1. The van der Waals surface area contributed by atoms with E-state index < -0.39 is 0 Å². The van der Waals surface area contributed by atoms with E-state index in [-0.39, 0.29) is 5.91 Å². The van der Waals surface area contributed by atoms with Gasteiger partial charge in [0.25, 0.3) is 5.91 Å². The lowest BCUT2D eigenvalue weighted by Crippen LogP contribution is -2.27. The molecular formula is C17H26N4O. The van der Waals surface area contributed by atoms with Crippen LogP contribution in [0.1, 0.15) is 56.4 Å². The van der Waals surface area contributed by atoms with E-state index in [2.05, 4.69) is 40.1 Å². The van der Waals surface area contributed by atoms with Crippen molar-refractivity contribution in [1.82, 2.24) is 15.3 Å². The molecule has 0 saturated carbocycles. The number of hydrogen-bond donors (Lipinski definition) is 1. The predicted octanol–water partition coefficient (Wildman–Crippen LogP) is 2.94. The summed E-state index contributed by atoms with van der Waals surface area (Å²) in [5.41, 5.74) is 1.85. The topological polar surface area (TPSA) is 58.1 Å². The van der Waals surface area contributed by atoms with Gasteiger partial charge in [0.15, 0.2) is 0 Å². The summed E-state index contributed by atoms with van der Waals surface area (Å²) in [6.45, 7) is 6.58. The van der Waals surface area contributed by atoms with Crippen molar-refractivity contribution in [2.45, 2.75) is 46.0 Å². The van der Waals surface area contributed by atoms with Crippen LogP contribution in [0.5, 0.6) is 0 Å². The molecule has 1 aliphatic carbocycles. The molecule has 0 saturated heterocycles. The zero-order valence-corrected chi connectivity index (χ0v) is 13.6. The fourth-order valence-corrected chi connectivity index (χ4v) is 2.71. The lowest BCUT2D eigenvalue weighted by atomic mass is 9.97. The van der Waals surface area contributed by atoms with Gasteiger partial charge in [0.1, 0.15) is 11.5 Å². The minimum Gasteiger partial charge on any atom is -0.356 e. The van der Waals surface area contributed by atoms with E-state index in [1.807, 2.05) is 0 Å². The minimum atomic E-state index is -0.144. The van der Waals surface area contributed by atoms with Crippen molar-refractivity contribution >= 4 is 11.7 Å². The van der Waals surface area contributed by atoms with Crippen LogP contribution >= 0.6 is 0 Å². The van der Waals surface area contributed by atoms with E-state index in [0.29, 0.717) is 12.2 Å². The number of carbonyl (C=O) groups excluding carboxylic acids is 1. The highest BCUT2D eigenvalue weighted by Crippen LogP contribution is 2.19. The molecule has 0 spiro atoms. The van der Waals surface area contributed by atoms with Crippen molar-refractivity contribution in [3.8, 4) is 0 Å². The number of nitrogens with one attached hydrogen (secondary N) is 1. The van der Waals surface area contributed by atoms with Crippen molar-refractivity contribution in [2.24, 2.45) is 0 Å². The first-order valence-corrected chi connectivity index (χ1v) is 8.27. The molecule has 0 radical (unpaired) electrons. The largest absolute Gasteiger partial charge is 0.356 e. The molecule has 1 amide bonds. The van der Waals surface area contributed by atoms with Gasteiger partial charge in [-0.25, -0.2) is 9.97 Å². The van der Waals surface area contributed by atoms with E-state index in [4.69, 9.17) is 0 Å². The Labute approximate surface area is 132 Å². The van der Waals surface area contributed by atoms with E-state index in [0.717, 1.165) is 25.3 Å². The maximum Gasteiger partial charge on any atom is 0.271 e. The first-order valence-electron chi connectivity index (χ1n) is 8.27. The molecule has 120 valence electrons. The van der Waals surface area contributed by atoms with Crippen molar-refractivity contribution in [3.05, 3.63) is 29.7 Å². The predicted molar refractivity (Wildman–Crippen MR) is 89.1 cm³/mol. The molecule has 1 aliphatic rings. The molecule has 5 nitrogen and oxygen atoms in total. The summed E-state index contributed by atoms with van der Waals surface area (Å²) in [5, 5.41) is 2.93. The minimum absolute atomic E-state index is 0.144. The molecule has 2 rings (SSSR count). The van der Waals surface area contributed by atoms with Crippen molar-refractivity contribution < 1.29 is 4.79 Å². The van der Waals surface area contributed by atoms with Gasteiger partial charge in [-0.05, 0) is 46.0 Å². The number of carbonyl (C=O) groups is 1. The van der Waals surface area contributed by atoms with Crippen LogP contribution in [-0.4, -0.2) is 35.5 Å². The Balaban J connectivity index is 1.83. The number of nitrogens with zero attached hydrogens (tertiary/aromatic N) is 3. The summed E-state index contributed by atoms with van der Waals surface area (Å²) in [4.78, 5) is 22.7. The number of hydrogen-bond acceptors (Lipinski definition) is 4. The Bertz CT molecular complexity index is 506. The number of amides is 1. The van der Waals surface area contributed by atoms with E-state index in [1.165, 1.54) is 31.3 Å². The molecule has 1 aromatic rings. The molecule has 5 heteroatoms. The van der Waals surface area contributed by atoms with Crippen LogP contribution in [0.4, 0.5) is 5.82 Å². The molecule has 1 heterocycles. The Kier molecular flexibility index (Phi) is 6.37. The molecular weight excluding hydrogens is 276 g/mol. The number of rotatable bonds is 7. The molecule has 0 bridgehead atoms. The normalized spacial score (nSPS) is 14.4. The molecule has 22 heavy (non-hydrogen) atoms. The van der Waals surface area contributed by atoms with Gasteiger partial charge in [0.2, 0.25) is 0 Å². The summed E-state index contributed by atoms with van der Waals surface area (Å²) in [6.07, 6.45) is 11.4. The van der Waals surface area contributed by atoms with Crippen LogP contribution in [0.2, 0.25) is 0 Å². The zero-order valence-electron chi connectivity index (χ0n) is 13.6. The smallest absolute Gasteiger partial charge is 0.271 e. The van der Waals surface area contributed by atoms with E-state index in [9.17, 15) is 4.79 Å². The van der Waals surface area contributed by atoms with Crippen LogP contribution in [0.25, 0.3) is 0 Å². The van der Waals surface area contributed by atoms with Crippen molar-refractivity contribution in [3.63, 3.8) is 0 Å². The number of anilines is 1.